The molecule has 2 N–H and O–H groups in total. The van der Waals surface area contributed by atoms with Gasteiger partial charge in [-0.25, -0.2) is 0 Å². The minimum absolute atomic E-state index is 0.0947. The summed E-state index contributed by atoms with van der Waals surface area (Å²) in [5.74, 6) is 0.250. The van der Waals surface area contributed by atoms with Crippen LogP contribution in [0.25, 0.3) is 0 Å². The first-order valence-electron chi connectivity index (χ1n) is 3.98. The molecule has 0 radical (unpaired) electrons. The second-order valence-electron chi connectivity index (χ2n) is 2.88. The minimum Gasteiger partial charge on any atom is -0.394 e. The van der Waals surface area contributed by atoms with E-state index in [4.69, 9.17) is 9.63 Å². The minimum atomic E-state index is -0.335. The van der Waals surface area contributed by atoms with Crippen LogP contribution in [0.5, 0.6) is 0 Å². The van der Waals surface area contributed by atoms with Crippen molar-refractivity contribution < 1.29 is 14.4 Å². The molecule has 0 spiro atoms. The topological polar surface area (TPSA) is 75.4 Å². The van der Waals surface area contributed by atoms with E-state index in [2.05, 4.69) is 10.5 Å². The van der Waals surface area contributed by atoms with Crippen molar-refractivity contribution in [2.24, 2.45) is 0 Å². The summed E-state index contributed by atoms with van der Waals surface area (Å²) < 4.78 is 4.73. The molecule has 0 aromatic carbocycles. The summed E-state index contributed by atoms with van der Waals surface area (Å²) in [6, 6.07) is 1.27. The molecular formula is C8H12N2O3. The van der Waals surface area contributed by atoms with Crippen LogP contribution in [0, 0.1) is 6.92 Å². The Morgan fingerprint density at radius 3 is 3.00 bits per heavy atom. The van der Waals surface area contributed by atoms with E-state index < -0.39 is 0 Å². The number of carbonyl (C=O) groups excluding carboxylic acids is 1. The quantitative estimate of drug-likeness (QED) is 0.698. The Bertz CT molecular complexity index is 295. The maximum atomic E-state index is 11.3. The molecule has 0 bridgehead atoms. The molecule has 0 saturated carbocycles. The van der Waals surface area contributed by atoms with E-state index in [1.165, 1.54) is 0 Å². The molecule has 0 saturated heterocycles. The third-order valence-electron chi connectivity index (χ3n) is 1.51. The molecule has 0 aliphatic heterocycles. The first kappa shape index (κ1) is 9.73. The van der Waals surface area contributed by atoms with Crippen molar-refractivity contribution in [3.63, 3.8) is 0 Å². The highest BCUT2D eigenvalue weighted by Crippen LogP contribution is 2.01. The highest BCUT2D eigenvalue weighted by atomic mass is 16.5. The Morgan fingerprint density at radius 2 is 2.54 bits per heavy atom. The summed E-state index contributed by atoms with van der Waals surface area (Å²) >= 11 is 0. The third-order valence-corrected chi connectivity index (χ3v) is 1.51. The average molecular weight is 184 g/mol. The van der Waals surface area contributed by atoms with Gasteiger partial charge in [0.2, 0.25) is 0 Å². The predicted molar refractivity (Wildman–Crippen MR) is 45.3 cm³/mol. The van der Waals surface area contributed by atoms with Crippen LogP contribution >= 0.6 is 0 Å². The van der Waals surface area contributed by atoms with Crippen LogP contribution in [0.4, 0.5) is 0 Å². The number of aromatic nitrogens is 1. The highest BCUT2D eigenvalue weighted by molar-refractivity contribution is 5.92. The lowest BCUT2D eigenvalue weighted by Gasteiger charge is -2.07. The first-order valence-corrected chi connectivity index (χ1v) is 3.98. The van der Waals surface area contributed by atoms with Crippen molar-refractivity contribution >= 4 is 5.91 Å². The molecule has 1 amide bonds. The summed E-state index contributed by atoms with van der Waals surface area (Å²) in [5.41, 5.74) is 0.234. The molecule has 13 heavy (non-hydrogen) atoms. The van der Waals surface area contributed by atoms with Crippen molar-refractivity contribution in [3.05, 3.63) is 17.5 Å². The Labute approximate surface area is 75.7 Å². The molecule has 0 fully saturated rings. The van der Waals surface area contributed by atoms with Crippen LogP contribution in [0.1, 0.15) is 23.2 Å². The number of nitrogens with zero attached hydrogens (tertiary/aromatic N) is 1. The Kier molecular flexibility index (Phi) is 3.02. The van der Waals surface area contributed by atoms with Gasteiger partial charge in [-0.2, -0.15) is 0 Å². The average Bonchev–Trinajstić information content (AvgIpc) is 2.51. The molecule has 72 valence electrons. The maximum Gasteiger partial charge on any atom is 0.273 e. The normalized spacial score (nSPS) is 12.5. The highest BCUT2D eigenvalue weighted by Gasteiger charge is 2.12. The van der Waals surface area contributed by atoms with E-state index in [0.717, 1.165) is 0 Å². The molecule has 0 aliphatic rings. The van der Waals surface area contributed by atoms with E-state index in [1.807, 2.05) is 0 Å². The number of rotatable bonds is 3. The Balaban J connectivity index is 2.58. The molecule has 1 heterocycles. The fourth-order valence-corrected chi connectivity index (χ4v) is 0.817. The van der Waals surface area contributed by atoms with Crippen molar-refractivity contribution in [1.82, 2.24) is 10.5 Å². The zero-order chi connectivity index (χ0) is 9.84. The summed E-state index contributed by atoms with van der Waals surface area (Å²) in [5, 5.41) is 14.8. The molecule has 1 aromatic rings. The monoisotopic (exact) mass is 184 g/mol. The molecule has 1 atom stereocenters. The van der Waals surface area contributed by atoms with Crippen LogP contribution in [-0.4, -0.2) is 28.8 Å². The number of aryl methyl sites for hydroxylation is 1. The molecule has 1 aromatic heterocycles. The Morgan fingerprint density at radius 1 is 1.85 bits per heavy atom. The van der Waals surface area contributed by atoms with Gasteiger partial charge in [-0.05, 0) is 13.8 Å². The van der Waals surface area contributed by atoms with Crippen LogP contribution in [0.2, 0.25) is 0 Å². The van der Waals surface area contributed by atoms with Crippen LogP contribution in [0.15, 0.2) is 10.6 Å². The summed E-state index contributed by atoms with van der Waals surface area (Å²) in [6.45, 7) is 3.31. The summed E-state index contributed by atoms with van der Waals surface area (Å²) in [6.07, 6.45) is 0. The van der Waals surface area contributed by atoms with Gasteiger partial charge in [-0.15, -0.1) is 0 Å². The van der Waals surface area contributed by atoms with Gasteiger partial charge in [0.25, 0.3) is 5.91 Å². The van der Waals surface area contributed by atoms with Gasteiger partial charge in [0, 0.05) is 12.1 Å². The third kappa shape index (κ3) is 2.55. The summed E-state index contributed by atoms with van der Waals surface area (Å²) in [4.78, 5) is 11.3. The van der Waals surface area contributed by atoms with Gasteiger partial charge in [-0.3, -0.25) is 4.79 Å². The molecular weight excluding hydrogens is 172 g/mol. The van der Waals surface area contributed by atoms with Crippen LogP contribution in [-0.2, 0) is 0 Å². The number of aliphatic hydroxyl groups is 1. The standard InChI is InChI=1S/C8H12N2O3/c1-5(4-11)9-8(12)7-3-6(2)13-10-7/h3,5,11H,4H2,1-2H3,(H,9,12)/t5-/m0/s1. The number of amides is 1. The SMILES string of the molecule is Cc1cc(C(=O)N[C@@H](C)CO)no1. The lowest BCUT2D eigenvalue weighted by Crippen LogP contribution is -2.35. The smallest absolute Gasteiger partial charge is 0.273 e. The van der Waals surface area contributed by atoms with Gasteiger partial charge in [-0.1, -0.05) is 5.16 Å². The van der Waals surface area contributed by atoms with Crippen molar-refractivity contribution in [1.29, 1.82) is 0 Å². The van der Waals surface area contributed by atoms with E-state index >= 15 is 0 Å². The van der Waals surface area contributed by atoms with Gasteiger partial charge < -0.3 is 14.9 Å². The number of carbonyl (C=O) groups is 1. The van der Waals surface area contributed by atoms with Gasteiger partial charge in [0.15, 0.2) is 5.69 Å². The predicted octanol–water partition coefficient (Wildman–Crippen LogP) is 0.0936. The van der Waals surface area contributed by atoms with Crippen molar-refractivity contribution in [2.45, 2.75) is 19.9 Å². The second kappa shape index (κ2) is 4.04. The van der Waals surface area contributed by atoms with Gasteiger partial charge >= 0.3 is 0 Å². The number of hydrogen-bond acceptors (Lipinski definition) is 4. The van der Waals surface area contributed by atoms with E-state index in [9.17, 15) is 4.79 Å². The summed E-state index contributed by atoms with van der Waals surface area (Å²) in [7, 11) is 0. The second-order valence-corrected chi connectivity index (χ2v) is 2.88. The van der Waals surface area contributed by atoms with Crippen LogP contribution in [0.3, 0.4) is 0 Å². The van der Waals surface area contributed by atoms with Gasteiger partial charge in [0.05, 0.1) is 6.61 Å². The number of hydrogen-bond donors (Lipinski definition) is 2. The molecule has 5 nitrogen and oxygen atoms in total. The zero-order valence-electron chi connectivity index (χ0n) is 7.57. The lowest BCUT2D eigenvalue weighted by molar-refractivity contribution is 0.0913. The van der Waals surface area contributed by atoms with Crippen LogP contribution < -0.4 is 5.32 Å². The van der Waals surface area contributed by atoms with E-state index in [-0.39, 0.29) is 24.2 Å². The van der Waals surface area contributed by atoms with E-state index in [1.54, 1.807) is 19.9 Å². The first-order chi connectivity index (χ1) is 6.13. The molecule has 5 heteroatoms. The number of aliphatic hydroxyl groups excluding tert-OH is 1. The maximum absolute atomic E-state index is 11.3. The fourth-order valence-electron chi connectivity index (χ4n) is 0.817. The zero-order valence-corrected chi connectivity index (χ0v) is 7.57. The van der Waals surface area contributed by atoms with E-state index in [0.29, 0.717) is 5.76 Å². The van der Waals surface area contributed by atoms with Crippen molar-refractivity contribution in [2.75, 3.05) is 6.61 Å². The van der Waals surface area contributed by atoms with Crippen molar-refractivity contribution in [3.8, 4) is 0 Å². The largest absolute Gasteiger partial charge is 0.394 e. The lowest BCUT2D eigenvalue weighted by atomic mass is 10.3. The molecule has 0 aliphatic carbocycles. The Hall–Kier alpha value is -1.36. The fraction of sp³-hybridized carbons (Fsp3) is 0.500. The molecule has 1 rings (SSSR count). The molecule has 0 unspecified atom stereocenters. The van der Waals surface area contributed by atoms with Gasteiger partial charge in [0.1, 0.15) is 5.76 Å². The number of nitrogens with one attached hydrogen (secondary N) is 1.